The van der Waals surface area contributed by atoms with Gasteiger partial charge in [0.1, 0.15) is 6.04 Å². The first kappa shape index (κ1) is 15.5. The van der Waals surface area contributed by atoms with Gasteiger partial charge >= 0.3 is 12.0 Å². The molecule has 0 saturated heterocycles. The van der Waals surface area contributed by atoms with E-state index < -0.39 is 23.5 Å². The van der Waals surface area contributed by atoms with Crippen LogP contribution < -0.4 is 10.6 Å². The zero-order valence-electron chi connectivity index (χ0n) is 11.6. The van der Waals surface area contributed by atoms with E-state index in [2.05, 4.69) is 10.6 Å². The van der Waals surface area contributed by atoms with Gasteiger partial charge in [-0.1, -0.05) is 20.8 Å². The number of urea groups is 1. The van der Waals surface area contributed by atoms with Crippen LogP contribution in [0.4, 0.5) is 4.79 Å². The predicted octanol–water partition coefficient (Wildman–Crippen LogP) is 2.36. The maximum atomic E-state index is 11.7. The fourth-order valence-corrected chi connectivity index (χ4v) is 2.42. The van der Waals surface area contributed by atoms with Crippen LogP contribution in [0.25, 0.3) is 0 Å². The van der Waals surface area contributed by atoms with Crippen molar-refractivity contribution in [2.45, 2.75) is 40.3 Å². The number of aliphatic carboxylic acids is 1. The molecular formula is C13H20N2O3S. The minimum Gasteiger partial charge on any atom is -0.480 e. The first-order chi connectivity index (χ1) is 8.71. The second kappa shape index (κ2) is 6.06. The normalized spacial score (nSPS) is 12.8. The molecule has 0 aromatic carbocycles. The summed E-state index contributed by atoms with van der Waals surface area (Å²) in [6.07, 6.45) is 0. The van der Waals surface area contributed by atoms with Gasteiger partial charge in [0.25, 0.3) is 0 Å². The summed E-state index contributed by atoms with van der Waals surface area (Å²) in [4.78, 5) is 23.9. The van der Waals surface area contributed by atoms with Gasteiger partial charge in [0, 0.05) is 4.88 Å². The van der Waals surface area contributed by atoms with E-state index in [0.29, 0.717) is 6.54 Å². The third-order valence-corrected chi connectivity index (χ3v) is 3.79. The van der Waals surface area contributed by atoms with Gasteiger partial charge in [0.15, 0.2) is 0 Å². The Hall–Kier alpha value is -1.56. The summed E-state index contributed by atoms with van der Waals surface area (Å²) in [5.74, 6) is -1.03. The molecule has 5 nitrogen and oxygen atoms in total. The van der Waals surface area contributed by atoms with Crippen molar-refractivity contribution in [1.29, 1.82) is 0 Å². The average molecular weight is 284 g/mol. The Morgan fingerprint density at radius 2 is 2.05 bits per heavy atom. The van der Waals surface area contributed by atoms with Gasteiger partial charge < -0.3 is 15.7 Å². The van der Waals surface area contributed by atoms with Crippen molar-refractivity contribution >= 4 is 23.3 Å². The third-order valence-electron chi connectivity index (χ3n) is 2.77. The number of carbonyl (C=O) groups excluding carboxylic acids is 1. The lowest BCUT2D eigenvalue weighted by molar-refractivity contribution is -0.141. The molecule has 0 aliphatic rings. The Labute approximate surface area is 117 Å². The van der Waals surface area contributed by atoms with E-state index in [1.807, 2.05) is 18.4 Å². The molecule has 0 saturated carbocycles. The lowest BCUT2D eigenvalue weighted by Crippen LogP contribution is -2.52. The van der Waals surface area contributed by atoms with Crippen LogP contribution >= 0.6 is 11.3 Å². The molecular weight excluding hydrogens is 264 g/mol. The Balaban J connectivity index is 2.55. The predicted molar refractivity (Wildman–Crippen MR) is 75.3 cm³/mol. The van der Waals surface area contributed by atoms with Gasteiger partial charge in [0.05, 0.1) is 6.54 Å². The highest BCUT2D eigenvalue weighted by Gasteiger charge is 2.32. The number of carboxylic acids is 1. The van der Waals surface area contributed by atoms with Crippen molar-refractivity contribution in [1.82, 2.24) is 10.6 Å². The molecule has 1 atom stereocenters. The number of hydrogen-bond donors (Lipinski definition) is 3. The van der Waals surface area contributed by atoms with Crippen LogP contribution in [0.1, 0.15) is 31.2 Å². The van der Waals surface area contributed by atoms with Crippen molar-refractivity contribution in [3.05, 3.63) is 21.9 Å². The molecule has 0 spiro atoms. The van der Waals surface area contributed by atoms with E-state index in [1.165, 1.54) is 0 Å². The molecule has 6 heteroatoms. The number of aryl methyl sites for hydroxylation is 1. The fourth-order valence-electron chi connectivity index (χ4n) is 1.58. The van der Waals surface area contributed by atoms with Crippen molar-refractivity contribution in [3.8, 4) is 0 Å². The van der Waals surface area contributed by atoms with Gasteiger partial charge in [-0.3, -0.25) is 0 Å². The molecule has 2 amide bonds. The topological polar surface area (TPSA) is 78.4 Å². The zero-order chi connectivity index (χ0) is 14.6. The van der Waals surface area contributed by atoms with Crippen LogP contribution in [-0.4, -0.2) is 23.1 Å². The number of thiophene rings is 1. The molecule has 0 aliphatic carbocycles. The lowest BCUT2D eigenvalue weighted by atomic mass is 9.87. The Morgan fingerprint density at radius 1 is 1.42 bits per heavy atom. The summed E-state index contributed by atoms with van der Waals surface area (Å²) in [6.45, 7) is 7.70. The Kier molecular flexibility index (Phi) is 4.94. The minimum atomic E-state index is -1.03. The second-order valence-corrected chi connectivity index (χ2v) is 6.49. The summed E-state index contributed by atoms with van der Waals surface area (Å²) in [5, 5.41) is 16.2. The highest BCUT2D eigenvalue weighted by atomic mass is 32.1. The second-order valence-electron chi connectivity index (χ2n) is 5.49. The molecule has 3 N–H and O–H groups in total. The molecule has 19 heavy (non-hydrogen) atoms. The number of carboxylic acid groups (broad SMARTS) is 1. The van der Waals surface area contributed by atoms with Gasteiger partial charge in [0.2, 0.25) is 0 Å². The zero-order valence-corrected chi connectivity index (χ0v) is 12.4. The maximum absolute atomic E-state index is 11.7. The Morgan fingerprint density at radius 3 is 2.47 bits per heavy atom. The molecule has 0 bridgehead atoms. The standard InChI is InChI=1S/C13H20N2O3S/c1-8-5-6-19-9(8)7-14-12(18)15-10(11(16)17)13(2,3)4/h5-6,10H,7H2,1-4H3,(H,16,17)(H2,14,15,18). The van der Waals surface area contributed by atoms with E-state index >= 15 is 0 Å². The smallest absolute Gasteiger partial charge is 0.326 e. The van der Waals surface area contributed by atoms with E-state index in [9.17, 15) is 9.59 Å². The highest BCUT2D eigenvalue weighted by molar-refractivity contribution is 7.10. The molecule has 1 rings (SSSR count). The molecule has 106 valence electrons. The molecule has 1 aromatic heterocycles. The third kappa shape index (κ3) is 4.55. The van der Waals surface area contributed by atoms with Crippen LogP contribution in [0.2, 0.25) is 0 Å². The first-order valence-electron chi connectivity index (χ1n) is 6.02. The highest BCUT2D eigenvalue weighted by Crippen LogP contribution is 2.19. The van der Waals surface area contributed by atoms with Crippen LogP contribution in [0.5, 0.6) is 0 Å². The van der Waals surface area contributed by atoms with Crippen LogP contribution in [0, 0.1) is 12.3 Å². The summed E-state index contributed by atoms with van der Waals surface area (Å²) < 4.78 is 0. The summed E-state index contributed by atoms with van der Waals surface area (Å²) in [6, 6.07) is 0.599. The summed E-state index contributed by atoms with van der Waals surface area (Å²) >= 11 is 1.56. The molecule has 0 fully saturated rings. The quantitative estimate of drug-likeness (QED) is 0.794. The number of rotatable bonds is 4. The van der Waals surface area contributed by atoms with Crippen LogP contribution in [0.3, 0.4) is 0 Å². The van der Waals surface area contributed by atoms with E-state index in [0.717, 1.165) is 10.4 Å². The van der Waals surface area contributed by atoms with E-state index in [-0.39, 0.29) is 0 Å². The molecule has 0 radical (unpaired) electrons. The largest absolute Gasteiger partial charge is 0.480 e. The monoisotopic (exact) mass is 284 g/mol. The van der Waals surface area contributed by atoms with Gasteiger partial charge in [-0.15, -0.1) is 11.3 Å². The molecule has 1 unspecified atom stereocenters. The van der Waals surface area contributed by atoms with Crippen LogP contribution in [0.15, 0.2) is 11.4 Å². The average Bonchev–Trinajstić information content (AvgIpc) is 2.67. The fraction of sp³-hybridized carbons (Fsp3) is 0.538. The molecule has 1 aromatic rings. The number of amides is 2. The first-order valence-corrected chi connectivity index (χ1v) is 6.90. The van der Waals surface area contributed by atoms with Crippen molar-refractivity contribution in [2.24, 2.45) is 5.41 Å². The summed E-state index contributed by atoms with van der Waals surface area (Å²) in [7, 11) is 0. The number of hydrogen-bond acceptors (Lipinski definition) is 3. The molecule has 0 aliphatic heterocycles. The maximum Gasteiger partial charge on any atom is 0.326 e. The van der Waals surface area contributed by atoms with Crippen LogP contribution in [-0.2, 0) is 11.3 Å². The lowest BCUT2D eigenvalue weighted by Gasteiger charge is -2.27. The minimum absolute atomic E-state index is 0.409. The van der Waals surface area contributed by atoms with E-state index in [4.69, 9.17) is 5.11 Å². The number of nitrogens with one attached hydrogen (secondary N) is 2. The van der Waals surface area contributed by atoms with Gasteiger partial charge in [-0.2, -0.15) is 0 Å². The van der Waals surface area contributed by atoms with Crippen molar-refractivity contribution in [3.63, 3.8) is 0 Å². The van der Waals surface area contributed by atoms with Gasteiger partial charge in [-0.25, -0.2) is 9.59 Å². The summed E-state index contributed by atoms with van der Waals surface area (Å²) in [5.41, 5.74) is 0.582. The van der Waals surface area contributed by atoms with Crippen molar-refractivity contribution < 1.29 is 14.7 Å². The Bertz CT molecular complexity index is 463. The van der Waals surface area contributed by atoms with Gasteiger partial charge in [-0.05, 0) is 29.3 Å². The molecule has 1 heterocycles. The SMILES string of the molecule is Cc1ccsc1CNC(=O)NC(C(=O)O)C(C)(C)C. The van der Waals surface area contributed by atoms with E-state index in [1.54, 1.807) is 32.1 Å². The number of carbonyl (C=O) groups is 2. The van der Waals surface area contributed by atoms with Crippen molar-refractivity contribution in [2.75, 3.05) is 0 Å².